The van der Waals surface area contributed by atoms with E-state index in [0.717, 1.165) is 0 Å². The summed E-state index contributed by atoms with van der Waals surface area (Å²) in [4.78, 5) is 37.4. The first-order valence-electron chi connectivity index (χ1n) is 8.02. The second-order valence-corrected chi connectivity index (χ2v) is 7.20. The Kier molecular flexibility index (Phi) is 2.87. The SMILES string of the molecule is CC(C)N1CN2C(=O)N3CN(C(C)C)CN4C(=O)N(C1)C2C34. The van der Waals surface area contributed by atoms with Gasteiger partial charge in [0.15, 0.2) is 12.3 Å². The molecule has 0 aromatic heterocycles. The van der Waals surface area contributed by atoms with E-state index in [1.165, 1.54) is 0 Å². The summed E-state index contributed by atoms with van der Waals surface area (Å²) < 4.78 is 0. The highest BCUT2D eigenvalue weighted by molar-refractivity contribution is 5.85. The third kappa shape index (κ3) is 1.65. The number of hydrogen-bond donors (Lipinski definition) is 0. The Hall–Kier alpha value is -1.54. The molecule has 0 aromatic rings. The molecule has 8 nitrogen and oxygen atoms in total. The van der Waals surface area contributed by atoms with Crippen LogP contribution in [0.15, 0.2) is 0 Å². The van der Waals surface area contributed by atoms with Gasteiger partial charge in [0.25, 0.3) is 0 Å². The number of carbonyl (C=O) groups is 2. The van der Waals surface area contributed by atoms with Crippen LogP contribution >= 0.6 is 0 Å². The van der Waals surface area contributed by atoms with E-state index >= 15 is 0 Å². The Balaban J connectivity index is 1.70. The van der Waals surface area contributed by atoms with Crippen LogP contribution < -0.4 is 0 Å². The van der Waals surface area contributed by atoms with Gasteiger partial charge >= 0.3 is 12.1 Å². The molecule has 4 aliphatic rings. The van der Waals surface area contributed by atoms with Gasteiger partial charge in [-0.05, 0) is 27.7 Å². The molecule has 0 spiro atoms. The summed E-state index contributed by atoms with van der Waals surface area (Å²) in [6, 6.07) is 0.706. The van der Waals surface area contributed by atoms with Crippen molar-refractivity contribution in [3.05, 3.63) is 0 Å². The van der Waals surface area contributed by atoms with Gasteiger partial charge in [0.1, 0.15) is 0 Å². The third-order valence-electron chi connectivity index (χ3n) is 5.32. The first kappa shape index (κ1) is 14.1. The number of carbonyl (C=O) groups excluding carboxylic acids is 2. The van der Waals surface area contributed by atoms with Crippen molar-refractivity contribution in [3.63, 3.8) is 0 Å². The molecule has 0 aromatic carbocycles. The molecule has 4 heterocycles. The van der Waals surface area contributed by atoms with Crippen molar-refractivity contribution in [1.82, 2.24) is 29.4 Å². The molecule has 22 heavy (non-hydrogen) atoms. The highest BCUT2D eigenvalue weighted by Crippen LogP contribution is 2.40. The van der Waals surface area contributed by atoms with Gasteiger partial charge in [-0.25, -0.2) is 9.59 Å². The van der Waals surface area contributed by atoms with E-state index in [-0.39, 0.29) is 24.4 Å². The molecular weight excluding hydrogens is 284 g/mol. The van der Waals surface area contributed by atoms with Gasteiger partial charge in [0.05, 0.1) is 26.7 Å². The lowest BCUT2D eigenvalue weighted by Gasteiger charge is -2.44. The van der Waals surface area contributed by atoms with Crippen LogP contribution in [0.25, 0.3) is 0 Å². The van der Waals surface area contributed by atoms with Crippen LogP contribution in [-0.4, -0.2) is 92.6 Å². The van der Waals surface area contributed by atoms with E-state index in [0.29, 0.717) is 38.8 Å². The minimum Gasteiger partial charge on any atom is -0.287 e. The number of nitrogens with zero attached hydrogens (tertiary/aromatic N) is 6. The first-order valence-corrected chi connectivity index (χ1v) is 8.02. The summed E-state index contributed by atoms with van der Waals surface area (Å²) in [6.07, 6.45) is -0.242. The normalized spacial score (nSPS) is 32.1. The monoisotopic (exact) mass is 308 g/mol. The Morgan fingerprint density at radius 2 is 0.955 bits per heavy atom. The van der Waals surface area contributed by atoms with Gasteiger partial charge in [-0.3, -0.25) is 29.4 Å². The molecule has 0 saturated carbocycles. The summed E-state index contributed by atoms with van der Waals surface area (Å²) in [7, 11) is 0. The fourth-order valence-corrected chi connectivity index (χ4v) is 3.86. The summed E-state index contributed by atoms with van der Waals surface area (Å²) in [6.45, 7) is 10.8. The maximum absolute atomic E-state index is 12.8. The third-order valence-corrected chi connectivity index (χ3v) is 5.32. The van der Waals surface area contributed by atoms with Crippen LogP contribution in [0, 0.1) is 0 Å². The van der Waals surface area contributed by atoms with Crippen molar-refractivity contribution in [1.29, 1.82) is 0 Å². The Morgan fingerprint density at radius 1 is 0.682 bits per heavy atom. The van der Waals surface area contributed by atoms with E-state index in [4.69, 9.17) is 0 Å². The minimum absolute atomic E-state index is 0.0493. The van der Waals surface area contributed by atoms with Crippen LogP contribution in [0.5, 0.6) is 0 Å². The van der Waals surface area contributed by atoms with E-state index in [9.17, 15) is 9.59 Å². The van der Waals surface area contributed by atoms with Gasteiger partial charge in [-0.2, -0.15) is 0 Å². The molecule has 4 aliphatic heterocycles. The quantitative estimate of drug-likeness (QED) is 0.741. The van der Waals surface area contributed by atoms with Gasteiger partial charge in [0, 0.05) is 12.1 Å². The zero-order valence-corrected chi connectivity index (χ0v) is 13.6. The molecule has 0 aliphatic carbocycles. The second-order valence-electron chi connectivity index (χ2n) is 7.20. The first-order chi connectivity index (χ1) is 10.4. The maximum Gasteiger partial charge on any atom is 0.325 e. The van der Waals surface area contributed by atoms with Crippen LogP contribution in [-0.2, 0) is 0 Å². The average Bonchev–Trinajstić information content (AvgIpc) is 2.93. The summed E-state index contributed by atoms with van der Waals surface area (Å²) in [5.41, 5.74) is 0. The molecule has 4 amide bonds. The van der Waals surface area contributed by atoms with Crippen molar-refractivity contribution in [3.8, 4) is 0 Å². The van der Waals surface area contributed by atoms with E-state index < -0.39 is 0 Å². The number of urea groups is 2. The van der Waals surface area contributed by atoms with Crippen molar-refractivity contribution in [2.45, 2.75) is 52.1 Å². The highest BCUT2D eigenvalue weighted by Gasteiger charge is 2.63. The van der Waals surface area contributed by atoms with Crippen molar-refractivity contribution >= 4 is 12.1 Å². The summed E-state index contributed by atoms with van der Waals surface area (Å²) >= 11 is 0. The Labute approximate surface area is 130 Å². The molecule has 4 rings (SSSR count). The largest absolute Gasteiger partial charge is 0.325 e. The zero-order chi connectivity index (χ0) is 15.8. The lowest BCUT2D eigenvalue weighted by molar-refractivity contribution is -0.0378. The molecule has 8 heteroatoms. The topological polar surface area (TPSA) is 53.6 Å². The van der Waals surface area contributed by atoms with Crippen LogP contribution in [0.3, 0.4) is 0 Å². The molecule has 4 saturated heterocycles. The predicted octanol–water partition coefficient (Wildman–Crippen LogP) is 0.392. The summed E-state index contributed by atoms with van der Waals surface area (Å²) in [5, 5.41) is 0. The van der Waals surface area contributed by atoms with Gasteiger partial charge in [0.2, 0.25) is 0 Å². The minimum atomic E-state index is -0.121. The van der Waals surface area contributed by atoms with Crippen molar-refractivity contribution in [2.75, 3.05) is 26.7 Å². The lowest BCUT2D eigenvalue weighted by Crippen LogP contribution is -2.62. The standard InChI is InChI=1S/C14H24N6O2/c1-9(2)15-5-17-11-12-19(13(17)21)7-16(10(3)4)8-20(12)14(22)18(11)6-15/h9-12H,5-8H2,1-4H3. The highest BCUT2D eigenvalue weighted by atomic mass is 16.2. The van der Waals surface area contributed by atoms with Crippen molar-refractivity contribution < 1.29 is 9.59 Å². The summed E-state index contributed by atoms with van der Waals surface area (Å²) in [5.74, 6) is 0. The van der Waals surface area contributed by atoms with Gasteiger partial charge in [-0.15, -0.1) is 0 Å². The van der Waals surface area contributed by atoms with Crippen molar-refractivity contribution in [2.24, 2.45) is 0 Å². The molecule has 0 bridgehead atoms. The average molecular weight is 308 g/mol. The van der Waals surface area contributed by atoms with E-state index in [2.05, 4.69) is 37.5 Å². The number of rotatable bonds is 2. The van der Waals surface area contributed by atoms with E-state index in [1.807, 2.05) is 19.6 Å². The predicted molar refractivity (Wildman–Crippen MR) is 79.1 cm³/mol. The Bertz CT molecular complexity index is 445. The lowest BCUT2D eigenvalue weighted by atomic mass is 10.2. The van der Waals surface area contributed by atoms with Gasteiger partial charge < -0.3 is 0 Å². The molecule has 122 valence electrons. The Morgan fingerprint density at radius 3 is 1.18 bits per heavy atom. The molecule has 0 N–H and O–H groups in total. The fourth-order valence-electron chi connectivity index (χ4n) is 3.86. The second kappa shape index (κ2) is 4.48. The van der Waals surface area contributed by atoms with Crippen LogP contribution in [0.1, 0.15) is 27.7 Å². The zero-order valence-electron chi connectivity index (χ0n) is 13.6. The number of amides is 4. The maximum atomic E-state index is 12.8. The van der Waals surface area contributed by atoms with Crippen LogP contribution in [0.4, 0.5) is 9.59 Å². The molecular formula is C14H24N6O2. The fraction of sp³-hybridized carbons (Fsp3) is 0.857. The number of hydrogen-bond acceptors (Lipinski definition) is 4. The molecule has 0 unspecified atom stereocenters. The molecule has 4 fully saturated rings. The van der Waals surface area contributed by atoms with Gasteiger partial charge in [-0.1, -0.05) is 0 Å². The van der Waals surface area contributed by atoms with E-state index in [1.54, 1.807) is 0 Å². The smallest absolute Gasteiger partial charge is 0.287 e. The van der Waals surface area contributed by atoms with Crippen LogP contribution in [0.2, 0.25) is 0 Å². The molecule has 0 radical (unpaired) electrons. The molecule has 0 atom stereocenters.